The number of amides is 1. The molecule has 0 unspecified atom stereocenters. The molecule has 1 aromatic carbocycles. The van der Waals surface area contributed by atoms with Gasteiger partial charge >= 0.3 is 0 Å². The molecule has 0 aliphatic heterocycles. The van der Waals surface area contributed by atoms with E-state index in [1.54, 1.807) is 18.4 Å². The van der Waals surface area contributed by atoms with E-state index < -0.39 is 0 Å². The van der Waals surface area contributed by atoms with E-state index in [4.69, 9.17) is 9.15 Å². The van der Waals surface area contributed by atoms with Gasteiger partial charge in [-0.2, -0.15) is 0 Å². The number of aromatic nitrogens is 2. The number of carbonyl (C=O) groups excluding carboxylic acids is 1. The van der Waals surface area contributed by atoms with Crippen molar-refractivity contribution < 1.29 is 13.9 Å². The van der Waals surface area contributed by atoms with Crippen LogP contribution >= 0.6 is 11.3 Å². The molecule has 0 aliphatic carbocycles. The summed E-state index contributed by atoms with van der Waals surface area (Å²) in [5.74, 6) is 1.77. The molecule has 0 radical (unpaired) electrons. The number of benzene rings is 1. The van der Waals surface area contributed by atoms with Crippen molar-refractivity contribution in [2.45, 2.75) is 19.3 Å². The van der Waals surface area contributed by atoms with Gasteiger partial charge < -0.3 is 14.5 Å². The van der Waals surface area contributed by atoms with Crippen LogP contribution in [-0.2, 0) is 17.6 Å². The first-order chi connectivity index (χ1) is 12.2. The second-order valence-electron chi connectivity index (χ2n) is 5.43. The molecular formula is C18H19N3O3S. The molecule has 3 aromatic rings. The fourth-order valence-electron chi connectivity index (χ4n) is 2.34. The Bertz CT molecular complexity index is 815. The van der Waals surface area contributed by atoms with Gasteiger partial charge in [0.1, 0.15) is 5.75 Å². The van der Waals surface area contributed by atoms with E-state index in [1.165, 1.54) is 0 Å². The van der Waals surface area contributed by atoms with Crippen molar-refractivity contribution >= 4 is 17.2 Å². The van der Waals surface area contributed by atoms with Crippen LogP contribution in [0.15, 0.2) is 46.2 Å². The maximum absolute atomic E-state index is 11.9. The van der Waals surface area contributed by atoms with E-state index in [1.807, 2.05) is 41.8 Å². The molecule has 0 fully saturated rings. The number of ether oxygens (including phenoxy) is 1. The third kappa shape index (κ3) is 4.90. The van der Waals surface area contributed by atoms with Crippen LogP contribution in [-0.4, -0.2) is 29.8 Å². The average molecular weight is 357 g/mol. The summed E-state index contributed by atoms with van der Waals surface area (Å²) in [7, 11) is 1.64. The maximum Gasteiger partial charge on any atom is 0.257 e. The molecule has 1 amide bonds. The highest BCUT2D eigenvalue weighted by atomic mass is 32.1. The van der Waals surface area contributed by atoms with E-state index >= 15 is 0 Å². The number of aryl methyl sites for hydroxylation is 1. The van der Waals surface area contributed by atoms with Crippen LogP contribution in [0.3, 0.4) is 0 Å². The van der Waals surface area contributed by atoms with Gasteiger partial charge in [0.15, 0.2) is 0 Å². The largest absolute Gasteiger partial charge is 0.497 e. The zero-order chi connectivity index (χ0) is 17.5. The molecule has 0 saturated carbocycles. The SMILES string of the molecule is COc1cccc(CCNC(=O)CCc2nnc(-c3cccs3)o2)c1. The molecule has 2 heterocycles. The van der Waals surface area contributed by atoms with E-state index in [2.05, 4.69) is 15.5 Å². The Morgan fingerprint density at radius 3 is 2.96 bits per heavy atom. The van der Waals surface area contributed by atoms with Crippen molar-refractivity contribution in [3.8, 4) is 16.5 Å². The predicted octanol–water partition coefficient (Wildman–Crippen LogP) is 3.10. The zero-order valence-electron chi connectivity index (χ0n) is 13.9. The van der Waals surface area contributed by atoms with Crippen LogP contribution in [0.2, 0.25) is 0 Å². The summed E-state index contributed by atoms with van der Waals surface area (Å²) in [6.07, 6.45) is 1.51. The van der Waals surface area contributed by atoms with Crippen LogP contribution in [0.1, 0.15) is 17.9 Å². The Morgan fingerprint density at radius 1 is 1.24 bits per heavy atom. The third-order valence-corrected chi connectivity index (χ3v) is 4.49. The Morgan fingerprint density at radius 2 is 2.16 bits per heavy atom. The average Bonchev–Trinajstić information content (AvgIpc) is 3.31. The quantitative estimate of drug-likeness (QED) is 0.670. The molecule has 0 spiro atoms. The Kier molecular flexibility index (Phi) is 5.79. The number of rotatable bonds is 8. The molecule has 25 heavy (non-hydrogen) atoms. The number of methoxy groups -OCH3 is 1. The van der Waals surface area contributed by atoms with Crippen LogP contribution < -0.4 is 10.1 Å². The Hall–Kier alpha value is -2.67. The first-order valence-corrected chi connectivity index (χ1v) is 8.88. The highest BCUT2D eigenvalue weighted by Gasteiger charge is 2.11. The highest BCUT2D eigenvalue weighted by molar-refractivity contribution is 7.13. The van der Waals surface area contributed by atoms with E-state index in [-0.39, 0.29) is 5.91 Å². The Balaban J connectivity index is 1.41. The molecule has 0 saturated heterocycles. The second kappa shape index (κ2) is 8.43. The highest BCUT2D eigenvalue weighted by Crippen LogP contribution is 2.23. The molecule has 2 aromatic heterocycles. The van der Waals surface area contributed by atoms with E-state index in [0.717, 1.165) is 22.6 Å². The van der Waals surface area contributed by atoms with Crippen molar-refractivity contribution in [1.29, 1.82) is 0 Å². The monoisotopic (exact) mass is 357 g/mol. The summed E-state index contributed by atoms with van der Waals surface area (Å²) in [5.41, 5.74) is 1.12. The van der Waals surface area contributed by atoms with Crippen LogP contribution in [0, 0.1) is 0 Å². The first kappa shape index (κ1) is 17.2. The second-order valence-corrected chi connectivity index (χ2v) is 6.38. The number of carbonyl (C=O) groups is 1. The number of thiophene rings is 1. The lowest BCUT2D eigenvalue weighted by atomic mass is 10.1. The molecule has 0 atom stereocenters. The molecule has 1 N–H and O–H groups in total. The number of hydrogen-bond acceptors (Lipinski definition) is 6. The van der Waals surface area contributed by atoms with Crippen LogP contribution in [0.4, 0.5) is 0 Å². The van der Waals surface area contributed by atoms with Gasteiger partial charge in [0.05, 0.1) is 12.0 Å². The van der Waals surface area contributed by atoms with Crippen LogP contribution in [0.25, 0.3) is 10.8 Å². The van der Waals surface area contributed by atoms with Gasteiger partial charge in [0.25, 0.3) is 5.89 Å². The fraction of sp³-hybridized carbons (Fsp3) is 0.278. The number of nitrogens with zero attached hydrogens (tertiary/aromatic N) is 2. The lowest BCUT2D eigenvalue weighted by Gasteiger charge is -2.06. The lowest BCUT2D eigenvalue weighted by Crippen LogP contribution is -2.25. The molecule has 0 aliphatic rings. The smallest absolute Gasteiger partial charge is 0.257 e. The number of hydrogen-bond donors (Lipinski definition) is 1. The van der Waals surface area contributed by atoms with Gasteiger partial charge in [0, 0.05) is 19.4 Å². The molecular weight excluding hydrogens is 338 g/mol. The molecule has 6 nitrogen and oxygen atoms in total. The summed E-state index contributed by atoms with van der Waals surface area (Å²) in [6, 6.07) is 11.7. The van der Waals surface area contributed by atoms with Gasteiger partial charge in [0.2, 0.25) is 11.8 Å². The third-order valence-electron chi connectivity index (χ3n) is 3.63. The summed E-state index contributed by atoms with van der Waals surface area (Å²) in [6.45, 7) is 0.580. The van der Waals surface area contributed by atoms with Gasteiger partial charge in [-0.05, 0) is 35.6 Å². The predicted molar refractivity (Wildman–Crippen MR) is 95.6 cm³/mol. The normalized spacial score (nSPS) is 10.6. The lowest BCUT2D eigenvalue weighted by molar-refractivity contribution is -0.121. The fourth-order valence-corrected chi connectivity index (χ4v) is 2.98. The minimum atomic E-state index is -0.0289. The van der Waals surface area contributed by atoms with Crippen LogP contribution in [0.5, 0.6) is 5.75 Å². The van der Waals surface area contributed by atoms with Gasteiger partial charge in [-0.3, -0.25) is 4.79 Å². The molecule has 130 valence electrons. The van der Waals surface area contributed by atoms with Crippen molar-refractivity contribution in [1.82, 2.24) is 15.5 Å². The number of nitrogens with one attached hydrogen (secondary N) is 1. The summed E-state index contributed by atoms with van der Waals surface area (Å²) >= 11 is 1.54. The minimum Gasteiger partial charge on any atom is -0.497 e. The van der Waals surface area contributed by atoms with Crippen molar-refractivity contribution in [3.63, 3.8) is 0 Å². The van der Waals surface area contributed by atoms with E-state index in [9.17, 15) is 4.79 Å². The van der Waals surface area contributed by atoms with Crippen molar-refractivity contribution in [2.24, 2.45) is 0 Å². The molecule has 7 heteroatoms. The topological polar surface area (TPSA) is 77.2 Å². The van der Waals surface area contributed by atoms with Crippen molar-refractivity contribution in [2.75, 3.05) is 13.7 Å². The van der Waals surface area contributed by atoms with E-state index in [0.29, 0.717) is 31.2 Å². The zero-order valence-corrected chi connectivity index (χ0v) is 14.7. The summed E-state index contributed by atoms with van der Waals surface area (Å²) in [4.78, 5) is 12.9. The van der Waals surface area contributed by atoms with Crippen molar-refractivity contribution in [3.05, 3.63) is 53.2 Å². The maximum atomic E-state index is 11.9. The van der Waals surface area contributed by atoms with Gasteiger partial charge in [-0.15, -0.1) is 21.5 Å². The summed E-state index contributed by atoms with van der Waals surface area (Å²) < 4.78 is 10.8. The Labute approximate surface area is 149 Å². The minimum absolute atomic E-state index is 0.0289. The summed E-state index contributed by atoms with van der Waals surface area (Å²) in [5, 5.41) is 12.9. The standard InChI is InChI=1S/C18H19N3O3S/c1-23-14-5-2-4-13(12-14)9-10-19-16(22)7-8-17-20-21-18(24-17)15-6-3-11-25-15/h2-6,11-12H,7-10H2,1H3,(H,19,22). The van der Waals surface area contributed by atoms with Gasteiger partial charge in [-0.1, -0.05) is 18.2 Å². The molecule has 3 rings (SSSR count). The van der Waals surface area contributed by atoms with Gasteiger partial charge in [-0.25, -0.2) is 0 Å². The first-order valence-electron chi connectivity index (χ1n) is 8.00. The molecule has 0 bridgehead atoms.